The Labute approximate surface area is 144 Å². The van der Waals surface area contributed by atoms with Crippen molar-refractivity contribution in [2.24, 2.45) is 0 Å². The van der Waals surface area contributed by atoms with E-state index in [4.69, 9.17) is 0 Å². The molecule has 1 aromatic carbocycles. The molecule has 2 aliphatic rings. The van der Waals surface area contributed by atoms with Gasteiger partial charge >= 0.3 is 0 Å². The molecule has 0 spiro atoms. The van der Waals surface area contributed by atoms with E-state index >= 15 is 0 Å². The molecule has 1 fully saturated rings. The zero-order valence-corrected chi connectivity index (χ0v) is 14.5. The van der Waals surface area contributed by atoms with Gasteiger partial charge in [-0.2, -0.15) is 0 Å². The van der Waals surface area contributed by atoms with Crippen LogP contribution in [0.25, 0.3) is 0 Å². The molecule has 122 valence electrons. The molecule has 1 heterocycles. The van der Waals surface area contributed by atoms with Crippen molar-refractivity contribution in [1.29, 1.82) is 0 Å². The SMILES string of the molecule is C/C=C/C1=C/C/C=C2/CN(c3ccc(C(C)C)cc3)C(=O)C2=C=C1. The van der Waals surface area contributed by atoms with E-state index < -0.39 is 0 Å². The highest BCUT2D eigenvalue weighted by Gasteiger charge is 2.31. The fourth-order valence-corrected chi connectivity index (χ4v) is 3.02. The topological polar surface area (TPSA) is 20.3 Å². The van der Waals surface area contributed by atoms with Gasteiger partial charge in [-0.3, -0.25) is 4.79 Å². The summed E-state index contributed by atoms with van der Waals surface area (Å²) in [5, 5.41) is 0. The van der Waals surface area contributed by atoms with Crippen LogP contribution < -0.4 is 4.90 Å². The van der Waals surface area contributed by atoms with E-state index in [-0.39, 0.29) is 5.91 Å². The first kappa shape index (κ1) is 16.3. The van der Waals surface area contributed by atoms with Gasteiger partial charge in [0.05, 0.1) is 12.1 Å². The summed E-state index contributed by atoms with van der Waals surface area (Å²) in [4.78, 5) is 14.7. The molecular formula is C22H23NO. The first-order chi connectivity index (χ1) is 11.6. The Morgan fingerprint density at radius 2 is 1.92 bits per heavy atom. The van der Waals surface area contributed by atoms with Crippen molar-refractivity contribution in [3.63, 3.8) is 0 Å². The van der Waals surface area contributed by atoms with Crippen LogP contribution in [0.3, 0.4) is 0 Å². The summed E-state index contributed by atoms with van der Waals surface area (Å²) in [5.74, 6) is 0.531. The van der Waals surface area contributed by atoms with Gasteiger partial charge in [0.2, 0.25) is 0 Å². The van der Waals surface area contributed by atoms with Gasteiger partial charge < -0.3 is 4.90 Å². The number of carbonyl (C=O) groups is 1. The van der Waals surface area contributed by atoms with Gasteiger partial charge in [-0.15, -0.1) is 5.73 Å². The van der Waals surface area contributed by atoms with Crippen molar-refractivity contribution < 1.29 is 4.79 Å². The highest BCUT2D eigenvalue weighted by Crippen LogP contribution is 2.30. The van der Waals surface area contributed by atoms with Crippen molar-refractivity contribution in [2.75, 3.05) is 11.4 Å². The number of carbonyl (C=O) groups excluding carboxylic acids is 1. The van der Waals surface area contributed by atoms with Crippen molar-refractivity contribution in [3.05, 3.63) is 82.7 Å². The van der Waals surface area contributed by atoms with Crippen molar-refractivity contribution in [3.8, 4) is 0 Å². The minimum absolute atomic E-state index is 0.0384. The second-order valence-corrected chi connectivity index (χ2v) is 6.47. The molecule has 0 bridgehead atoms. The zero-order valence-electron chi connectivity index (χ0n) is 14.5. The van der Waals surface area contributed by atoms with Gasteiger partial charge in [0.25, 0.3) is 5.91 Å². The Bertz CT molecular complexity index is 797. The second-order valence-electron chi connectivity index (χ2n) is 6.47. The highest BCUT2D eigenvalue weighted by atomic mass is 16.2. The number of nitrogens with zero attached hydrogens (tertiary/aromatic N) is 1. The third-order valence-corrected chi connectivity index (χ3v) is 4.44. The number of hydrogen-bond acceptors (Lipinski definition) is 1. The lowest BCUT2D eigenvalue weighted by molar-refractivity contribution is -0.114. The molecule has 1 aromatic rings. The van der Waals surface area contributed by atoms with E-state index in [0.29, 0.717) is 18.0 Å². The normalized spacial score (nSPS) is 21.9. The lowest BCUT2D eigenvalue weighted by Gasteiger charge is -2.16. The molecule has 1 saturated heterocycles. The lowest BCUT2D eigenvalue weighted by atomic mass is 10.0. The smallest absolute Gasteiger partial charge is 0.266 e. The van der Waals surface area contributed by atoms with Gasteiger partial charge in [-0.25, -0.2) is 0 Å². The molecule has 0 aromatic heterocycles. The Kier molecular flexibility index (Phi) is 4.69. The summed E-state index contributed by atoms with van der Waals surface area (Å²) < 4.78 is 0. The van der Waals surface area contributed by atoms with E-state index in [1.807, 2.05) is 42.2 Å². The number of hydrogen-bond donors (Lipinski definition) is 0. The van der Waals surface area contributed by atoms with Gasteiger partial charge in [0.15, 0.2) is 0 Å². The molecule has 0 atom stereocenters. The van der Waals surface area contributed by atoms with Crippen LogP contribution >= 0.6 is 0 Å². The molecule has 0 N–H and O–H groups in total. The summed E-state index contributed by atoms with van der Waals surface area (Å²) in [7, 11) is 0. The summed E-state index contributed by atoms with van der Waals surface area (Å²) in [6.45, 7) is 6.97. The maximum absolute atomic E-state index is 12.8. The lowest BCUT2D eigenvalue weighted by Crippen LogP contribution is -2.24. The molecular weight excluding hydrogens is 294 g/mol. The predicted octanol–water partition coefficient (Wildman–Crippen LogP) is 5.07. The largest absolute Gasteiger partial charge is 0.303 e. The molecule has 0 radical (unpaired) electrons. The van der Waals surface area contributed by atoms with Gasteiger partial charge in [0, 0.05) is 5.69 Å². The average molecular weight is 317 g/mol. The van der Waals surface area contributed by atoms with E-state index in [1.54, 1.807) is 0 Å². The molecule has 2 heteroatoms. The molecule has 2 nitrogen and oxygen atoms in total. The van der Waals surface area contributed by atoms with Crippen LogP contribution in [0.2, 0.25) is 0 Å². The third kappa shape index (κ3) is 3.20. The average Bonchev–Trinajstić information content (AvgIpc) is 2.85. The zero-order chi connectivity index (χ0) is 17.1. The molecule has 0 unspecified atom stereocenters. The quantitative estimate of drug-likeness (QED) is 0.713. The number of rotatable bonds is 3. The standard InChI is InChI=1S/C22H23NO/c1-4-6-17-7-5-8-19-15-23(22(24)21(19)14-9-17)20-12-10-18(11-13-20)16(2)3/h4,6-13,16H,5,15H2,1-3H3/b6-4+,17-7-,19-8-. The van der Waals surface area contributed by atoms with Gasteiger partial charge in [-0.1, -0.05) is 50.3 Å². The van der Waals surface area contributed by atoms with Crippen molar-refractivity contribution in [1.82, 2.24) is 0 Å². The van der Waals surface area contributed by atoms with E-state index in [2.05, 4.69) is 43.9 Å². The molecule has 24 heavy (non-hydrogen) atoms. The molecule has 1 aliphatic carbocycles. The Hall–Kier alpha value is -2.57. The fourth-order valence-electron chi connectivity index (χ4n) is 3.02. The molecule has 1 aliphatic heterocycles. The summed E-state index contributed by atoms with van der Waals surface area (Å²) in [6.07, 6.45) is 11.1. The number of anilines is 1. The van der Waals surface area contributed by atoms with Gasteiger partial charge in [0.1, 0.15) is 0 Å². The minimum atomic E-state index is 0.0384. The number of benzene rings is 1. The molecule has 0 saturated carbocycles. The van der Waals surface area contributed by atoms with E-state index in [9.17, 15) is 4.79 Å². The first-order valence-electron chi connectivity index (χ1n) is 8.51. The number of fused-ring (bicyclic) bond motifs is 1. The monoisotopic (exact) mass is 317 g/mol. The van der Waals surface area contributed by atoms with E-state index in [0.717, 1.165) is 23.3 Å². The second kappa shape index (κ2) is 6.90. The molecule has 3 rings (SSSR count). The van der Waals surface area contributed by atoms with E-state index in [1.165, 1.54) is 5.56 Å². The van der Waals surface area contributed by atoms with Gasteiger partial charge in [-0.05, 0) is 54.2 Å². The molecule has 1 amide bonds. The van der Waals surface area contributed by atoms with Crippen LogP contribution in [0.1, 0.15) is 38.7 Å². The Morgan fingerprint density at radius 1 is 1.17 bits per heavy atom. The minimum Gasteiger partial charge on any atom is -0.303 e. The number of amides is 1. The van der Waals surface area contributed by atoms with Crippen LogP contribution in [0.15, 0.2) is 77.1 Å². The van der Waals surface area contributed by atoms with Crippen molar-refractivity contribution >= 4 is 11.6 Å². The number of allylic oxidation sites excluding steroid dienone is 5. The van der Waals surface area contributed by atoms with Crippen LogP contribution in [0.4, 0.5) is 5.69 Å². The Morgan fingerprint density at radius 3 is 2.58 bits per heavy atom. The maximum atomic E-state index is 12.8. The first-order valence-corrected chi connectivity index (χ1v) is 8.51. The summed E-state index contributed by atoms with van der Waals surface area (Å²) in [5.41, 5.74) is 8.30. The fraction of sp³-hybridized carbons (Fsp3) is 0.273. The third-order valence-electron chi connectivity index (χ3n) is 4.44. The van der Waals surface area contributed by atoms with Crippen LogP contribution in [0, 0.1) is 0 Å². The maximum Gasteiger partial charge on any atom is 0.266 e. The Balaban J connectivity index is 1.92. The summed E-state index contributed by atoms with van der Waals surface area (Å²) in [6, 6.07) is 8.30. The predicted molar refractivity (Wildman–Crippen MR) is 100 cm³/mol. The summed E-state index contributed by atoms with van der Waals surface area (Å²) >= 11 is 0. The van der Waals surface area contributed by atoms with Crippen LogP contribution in [0.5, 0.6) is 0 Å². The van der Waals surface area contributed by atoms with Crippen LogP contribution in [-0.2, 0) is 4.79 Å². The van der Waals surface area contributed by atoms with Crippen LogP contribution in [-0.4, -0.2) is 12.5 Å². The highest BCUT2D eigenvalue weighted by molar-refractivity contribution is 6.12. The van der Waals surface area contributed by atoms with Crippen molar-refractivity contribution in [2.45, 2.75) is 33.1 Å².